The lowest BCUT2D eigenvalue weighted by Gasteiger charge is -2.44. The van der Waals surface area contributed by atoms with Crippen LogP contribution in [-0.2, 0) is 19.2 Å². The van der Waals surface area contributed by atoms with E-state index in [-0.39, 0.29) is 52.7 Å². The normalized spacial score (nSPS) is 21.5. The minimum atomic E-state index is -0.502. The quantitative estimate of drug-likeness (QED) is 0.111. The van der Waals surface area contributed by atoms with Gasteiger partial charge in [-0.2, -0.15) is 26.2 Å². The van der Waals surface area contributed by atoms with Gasteiger partial charge in [-0.05, 0) is 186 Å². The van der Waals surface area contributed by atoms with Gasteiger partial charge in [-0.1, -0.05) is 108 Å². The van der Waals surface area contributed by atoms with E-state index in [1.165, 1.54) is 22.3 Å². The van der Waals surface area contributed by atoms with Crippen molar-refractivity contribution in [1.29, 1.82) is 0 Å². The molecule has 4 aromatic heterocycles. The predicted molar refractivity (Wildman–Crippen MR) is 380 cm³/mol. The maximum atomic E-state index is 14.3. The predicted octanol–water partition coefficient (Wildman–Crippen LogP) is 18.2. The Hall–Kier alpha value is -9.75. The van der Waals surface area contributed by atoms with E-state index >= 15 is 0 Å². The van der Waals surface area contributed by atoms with Crippen molar-refractivity contribution in [3.05, 3.63) is 186 Å². The van der Waals surface area contributed by atoms with Crippen molar-refractivity contribution >= 4 is 159 Å². The molecular formula is C77H63N11O4S3. The SMILES string of the molecule is Cc1ccc(N(c2ccc(C)cc2)c2ccc(-c3cnc(N=C4C(=O)C(=O)C5CC6CC(c7cc(C)ccc7N(c7ccc(C)cc7)c7ccc(-c8cc9c(cc(N=C%10C(=O)C%11CCCCC%11C%10=O)c%10nsnc%109)c9nsnc89)cc7)CCC6CC45)c4nsnc34)cc2)cc1. The molecule has 8 aromatic carbocycles. The fraction of sp³-hybridized carbons (Fsp3) is 0.260. The molecule has 5 aliphatic rings. The Morgan fingerprint density at radius 1 is 0.421 bits per heavy atom. The fourth-order valence-corrected chi connectivity index (χ4v) is 17.8. The van der Waals surface area contributed by atoms with Crippen LogP contribution in [0, 0.1) is 63.2 Å². The van der Waals surface area contributed by atoms with Crippen molar-refractivity contribution in [2.75, 3.05) is 9.80 Å². The topological polar surface area (TPSA) is 190 Å². The Morgan fingerprint density at radius 2 is 0.916 bits per heavy atom. The molecule has 95 heavy (non-hydrogen) atoms. The molecule has 7 unspecified atom stereocenters. The highest BCUT2D eigenvalue weighted by Crippen LogP contribution is 2.55. The number of fused-ring (bicyclic) bond motifs is 9. The average molecular weight is 1300 g/mol. The van der Waals surface area contributed by atoms with E-state index in [0.29, 0.717) is 57.1 Å². The number of aryl methyl sites for hydroxylation is 4. The second-order valence-electron chi connectivity index (χ2n) is 26.7. The first-order chi connectivity index (χ1) is 46.4. The maximum absolute atomic E-state index is 14.3. The van der Waals surface area contributed by atoms with Crippen LogP contribution in [0.25, 0.3) is 66.1 Å². The molecule has 4 heterocycles. The van der Waals surface area contributed by atoms with E-state index < -0.39 is 11.7 Å². The van der Waals surface area contributed by atoms with Gasteiger partial charge in [0.15, 0.2) is 23.1 Å². The molecule has 7 atom stereocenters. The standard InChI is InChI=1S/C77H63N11O4S3/c1-40-9-22-49(23-10-40)87(50-24-11-41(2)12-25-50)51-28-20-45(21-29-51)62-39-78-77(71-68(62)84-95-86-71)80-69-58-35-46-16-17-47(34-48(46)36-61(58)75(91)76(69)92)56-33-43(4)15-32-64(56)88(52-26-13-42(3)14-27-52)53-30-18-44(19-31-53)57-37-59-60(66-65(57)81-93-82-66)38-63(70-67(59)83-94-85-70)79-72-73(89)54-7-5-6-8-55(54)74(72)90/h9-15,18-33,37-39,46-48,54-55,58,61H,5-8,16-17,34-36H2,1-4H3. The van der Waals surface area contributed by atoms with Crippen molar-refractivity contribution < 1.29 is 19.2 Å². The molecule has 0 radical (unpaired) electrons. The second-order valence-corrected chi connectivity index (χ2v) is 28.3. The number of hydrogen-bond donors (Lipinski definition) is 0. The Balaban J connectivity index is 0.642. The van der Waals surface area contributed by atoms with Gasteiger partial charge in [-0.25, -0.2) is 15.0 Å². The van der Waals surface area contributed by atoms with Gasteiger partial charge < -0.3 is 9.80 Å². The number of benzene rings is 8. The number of nitrogens with zero attached hydrogens (tertiary/aromatic N) is 11. The summed E-state index contributed by atoms with van der Waals surface area (Å²) in [4.78, 5) is 75.1. The molecule has 17 rings (SSSR count). The fourth-order valence-electron chi connectivity index (χ4n) is 16.1. The summed E-state index contributed by atoms with van der Waals surface area (Å²) >= 11 is 3.31. The zero-order chi connectivity index (χ0) is 64.3. The molecule has 5 saturated carbocycles. The van der Waals surface area contributed by atoms with Crippen molar-refractivity contribution in [2.24, 2.45) is 45.5 Å². The van der Waals surface area contributed by atoms with Gasteiger partial charge >= 0.3 is 0 Å². The number of pyridine rings is 1. The minimum Gasteiger partial charge on any atom is -0.311 e. The molecule has 0 saturated heterocycles. The number of Topliss-reactive ketones (excluding diaryl/α,β-unsaturated/α-hetero) is 4. The van der Waals surface area contributed by atoms with Crippen molar-refractivity contribution in [2.45, 2.75) is 91.4 Å². The lowest BCUT2D eigenvalue weighted by Crippen LogP contribution is -2.37. The van der Waals surface area contributed by atoms with Crippen LogP contribution < -0.4 is 9.80 Å². The Labute approximate surface area is 560 Å². The molecule has 0 N–H and O–H groups in total. The van der Waals surface area contributed by atoms with Crippen molar-refractivity contribution in [3.8, 4) is 22.3 Å². The third kappa shape index (κ3) is 10.2. The average Bonchev–Trinajstić information content (AvgIpc) is 1.68. The smallest absolute Gasteiger partial charge is 0.243 e. The zero-order valence-corrected chi connectivity index (χ0v) is 55.1. The first-order valence-electron chi connectivity index (χ1n) is 32.8. The van der Waals surface area contributed by atoms with Crippen molar-refractivity contribution in [3.63, 3.8) is 0 Å². The summed E-state index contributed by atoms with van der Waals surface area (Å²) in [5.74, 6) is -1.36. The van der Waals surface area contributed by atoms with Gasteiger partial charge in [0, 0.05) is 85.9 Å². The molecule has 468 valence electrons. The summed E-state index contributed by atoms with van der Waals surface area (Å²) in [5.41, 5.74) is 20.4. The Bertz CT molecular complexity index is 5120. The van der Waals surface area contributed by atoms with Crippen LogP contribution in [-0.4, -0.2) is 65.8 Å². The first-order valence-corrected chi connectivity index (χ1v) is 35.0. The van der Waals surface area contributed by atoms with E-state index in [9.17, 15) is 19.2 Å². The lowest BCUT2D eigenvalue weighted by molar-refractivity contribution is -0.135. The van der Waals surface area contributed by atoms with E-state index in [4.69, 9.17) is 36.8 Å². The molecule has 0 bridgehead atoms. The summed E-state index contributed by atoms with van der Waals surface area (Å²) < 4.78 is 28.6. The monoisotopic (exact) mass is 1300 g/mol. The van der Waals surface area contributed by atoms with Gasteiger partial charge in [0.25, 0.3) is 0 Å². The number of carbonyl (C=O) groups is 4. The number of aromatic nitrogens is 7. The molecule has 12 aromatic rings. The van der Waals surface area contributed by atoms with Crippen molar-refractivity contribution in [1.82, 2.24) is 31.2 Å². The van der Waals surface area contributed by atoms with Gasteiger partial charge in [0.2, 0.25) is 11.6 Å². The third-order valence-corrected chi connectivity index (χ3v) is 22.6. The molecule has 5 aliphatic carbocycles. The highest BCUT2D eigenvalue weighted by atomic mass is 32.1. The molecular weight excluding hydrogens is 1240 g/mol. The molecule has 18 heteroatoms. The number of ketones is 4. The molecule has 15 nitrogen and oxygen atoms in total. The number of hydrogen-bond acceptors (Lipinski definition) is 18. The van der Waals surface area contributed by atoms with Crippen LogP contribution in [0.4, 0.5) is 45.6 Å². The molecule has 5 fully saturated rings. The lowest BCUT2D eigenvalue weighted by atomic mass is 9.61. The number of aliphatic imine (C=N–C) groups is 2. The first kappa shape index (κ1) is 59.0. The van der Waals surface area contributed by atoms with Crippen LogP contribution in [0.5, 0.6) is 0 Å². The number of carbonyl (C=O) groups excluding carboxylic acids is 4. The second kappa shape index (κ2) is 23.6. The van der Waals surface area contributed by atoms with Crippen LogP contribution in [0.15, 0.2) is 168 Å². The third-order valence-electron chi connectivity index (χ3n) is 21.0. The Morgan fingerprint density at radius 3 is 1.53 bits per heavy atom. The van der Waals surface area contributed by atoms with Crippen LogP contribution >= 0.6 is 35.2 Å². The highest BCUT2D eigenvalue weighted by Gasteiger charge is 2.53. The number of rotatable bonds is 11. The molecule has 0 spiro atoms. The van der Waals surface area contributed by atoms with Gasteiger partial charge in [-0.15, -0.1) is 0 Å². The van der Waals surface area contributed by atoms with Crippen LogP contribution in [0.3, 0.4) is 0 Å². The van der Waals surface area contributed by atoms with Gasteiger partial charge in [0.1, 0.15) is 33.1 Å². The van der Waals surface area contributed by atoms with Gasteiger partial charge in [-0.3, -0.25) is 19.2 Å². The van der Waals surface area contributed by atoms with E-state index in [1.807, 2.05) is 6.07 Å². The highest BCUT2D eigenvalue weighted by molar-refractivity contribution is 7.00. The number of anilines is 6. The van der Waals surface area contributed by atoms with Crippen LogP contribution in [0.1, 0.15) is 91.5 Å². The summed E-state index contributed by atoms with van der Waals surface area (Å²) in [6.07, 6.45) is 9.30. The molecule has 0 amide bonds. The molecule has 0 aliphatic heterocycles. The summed E-state index contributed by atoms with van der Waals surface area (Å²) in [6, 6.07) is 53.6. The van der Waals surface area contributed by atoms with Crippen LogP contribution in [0.2, 0.25) is 0 Å². The summed E-state index contributed by atoms with van der Waals surface area (Å²) in [6.45, 7) is 8.45. The summed E-state index contributed by atoms with van der Waals surface area (Å²) in [5, 5.41) is 1.63. The maximum Gasteiger partial charge on any atom is 0.243 e. The van der Waals surface area contributed by atoms with E-state index in [0.717, 1.165) is 165 Å². The van der Waals surface area contributed by atoms with Gasteiger partial charge in [0.05, 0.1) is 46.6 Å². The van der Waals surface area contributed by atoms with E-state index in [1.54, 1.807) is 6.20 Å². The largest absolute Gasteiger partial charge is 0.311 e. The zero-order valence-electron chi connectivity index (χ0n) is 52.7. The van der Waals surface area contributed by atoms with E-state index in [2.05, 4.69) is 187 Å². The Kier molecular flexibility index (Phi) is 14.7. The summed E-state index contributed by atoms with van der Waals surface area (Å²) in [7, 11) is 0. The minimum absolute atomic E-state index is 0.0298.